The highest BCUT2D eigenvalue weighted by Crippen LogP contribution is 2.13. The van der Waals surface area contributed by atoms with Crippen LogP contribution in [0.25, 0.3) is 10.9 Å². The van der Waals surface area contributed by atoms with Crippen molar-refractivity contribution >= 4 is 40.6 Å². The van der Waals surface area contributed by atoms with Crippen LogP contribution in [0.5, 0.6) is 0 Å². The SMILES string of the molecule is O=C(NCc1ccc(Cl)cc1)c1ccc2c(=O)n(Cc3ccco3)c(=S)[nH]c2c1. The Morgan fingerprint density at radius 2 is 1.97 bits per heavy atom. The maximum Gasteiger partial charge on any atom is 0.262 e. The first-order valence-electron chi connectivity index (χ1n) is 8.83. The fourth-order valence-electron chi connectivity index (χ4n) is 2.98. The monoisotopic (exact) mass is 425 g/mol. The molecule has 0 atom stereocenters. The molecule has 0 aliphatic heterocycles. The van der Waals surface area contributed by atoms with E-state index in [9.17, 15) is 9.59 Å². The number of furan rings is 1. The normalized spacial score (nSPS) is 10.9. The Morgan fingerprint density at radius 1 is 1.17 bits per heavy atom. The van der Waals surface area contributed by atoms with Crippen LogP contribution in [0.1, 0.15) is 21.7 Å². The maximum absolute atomic E-state index is 12.8. The number of aromatic nitrogens is 2. The average molecular weight is 426 g/mol. The largest absolute Gasteiger partial charge is 0.467 e. The van der Waals surface area contributed by atoms with E-state index in [1.165, 1.54) is 4.57 Å². The number of carbonyl (C=O) groups excluding carboxylic acids is 1. The zero-order valence-corrected chi connectivity index (χ0v) is 16.7. The van der Waals surface area contributed by atoms with Crippen LogP contribution in [0.2, 0.25) is 5.02 Å². The summed E-state index contributed by atoms with van der Waals surface area (Å²) in [4.78, 5) is 28.4. The summed E-state index contributed by atoms with van der Waals surface area (Å²) in [5.41, 5.74) is 1.63. The molecule has 0 fully saturated rings. The van der Waals surface area contributed by atoms with Gasteiger partial charge in [0, 0.05) is 17.1 Å². The summed E-state index contributed by atoms with van der Waals surface area (Å²) >= 11 is 11.2. The van der Waals surface area contributed by atoms with Crippen molar-refractivity contribution in [3.8, 4) is 0 Å². The smallest absolute Gasteiger partial charge is 0.262 e. The summed E-state index contributed by atoms with van der Waals surface area (Å²) < 4.78 is 6.99. The molecule has 4 aromatic rings. The average Bonchev–Trinajstić information content (AvgIpc) is 3.23. The van der Waals surface area contributed by atoms with Crippen molar-refractivity contribution in [2.45, 2.75) is 13.1 Å². The molecule has 6 nitrogen and oxygen atoms in total. The molecule has 0 unspecified atom stereocenters. The van der Waals surface area contributed by atoms with Crippen molar-refractivity contribution in [3.05, 3.63) is 97.9 Å². The Morgan fingerprint density at radius 3 is 2.69 bits per heavy atom. The molecule has 0 radical (unpaired) electrons. The molecule has 4 rings (SSSR count). The predicted octanol–water partition coefficient (Wildman–Crippen LogP) is 4.28. The van der Waals surface area contributed by atoms with Crippen LogP contribution in [0, 0.1) is 4.77 Å². The molecule has 0 aliphatic carbocycles. The summed E-state index contributed by atoms with van der Waals surface area (Å²) in [7, 11) is 0. The number of nitrogens with one attached hydrogen (secondary N) is 2. The van der Waals surface area contributed by atoms with Gasteiger partial charge in [0.1, 0.15) is 5.76 Å². The van der Waals surface area contributed by atoms with E-state index < -0.39 is 0 Å². The minimum Gasteiger partial charge on any atom is -0.467 e. The lowest BCUT2D eigenvalue weighted by Gasteiger charge is -2.09. The van der Waals surface area contributed by atoms with Gasteiger partial charge in [0.2, 0.25) is 0 Å². The topological polar surface area (TPSA) is 80.0 Å². The Balaban J connectivity index is 1.59. The third kappa shape index (κ3) is 4.16. The molecule has 0 spiro atoms. The van der Waals surface area contributed by atoms with E-state index in [-0.39, 0.29) is 22.8 Å². The highest BCUT2D eigenvalue weighted by atomic mass is 35.5. The molecule has 0 bridgehead atoms. The second kappa shape index (κ2) is 8.06. The molecular formula is C21H16ClN3O3S. The van der Waals surface area contributed by atoms with Crippen LogP contribution in [0.3, 0.4) is 0 Å². The fraction of sp³-hybridized carbons (Fsp3) is 0.0952. The first kappa shape index (κ1) is 19.2. The minimum atomic E-state index is -0.249. The molecule has 0 saturated heterocycles. The van der Waals surface area contributed by atoms with Crippen LogP contribution in [-0.2, 0) is 13.1 Å². The van der Waals surface area contributed by atoms with Gasteiger partial charge in [-0.15, -0.1) is 0 Å². The second-order valence-corrected chi connectivity index (χ2v) is 7.29. The quantitative estimate of drug-likeness (QED) is 0.467. The van der Waals surface area contributed by atoms with Gasteiger partial charge >= 0.3 is 0 Å². The van der Waals surface area contributed by atoms with Gasteiger partial charge in [-0.2, -0.15) is 0 Å². The van der Waals surface area contributed by atoms with Gasteiger partial charge in [0.15, 0.2) is 4.77 Å². The lowest BCUT2D eigenvalue weighted by atomic mass is 10.1. The van der Waals surface area contributed by atoms with Crippen LogP contribution in [0.15, 0.2) is 70.1 Å². The lowest BCUT2D eigenvalue weighted by Crippen LogP contribution is -2.24. The molecule has 2 N–H and O–H groups in total. The number of benzene rings is 2. The van der Waals surface area contributed by atoms with Gasteiger partial charge in [-0.05, 0) is 60.2 Å². The summed E-state index contributed by atoms with van der Waals surface area (Å²) in [6.07, 6.45) is 1.54. The van der Waals surface area contributed by atoms with Crippen molar-refractivity contribution < 1.29 is 9.21 Å². The van der Waals surface area contributed by atoms with E-state index >= 15 is 0 Å². The third-order valence-corrected chi connectivity index (χ3v) is 5.08. The van der Waals surface area contributed by atoms with E-state index in [1.807, 2.05) is 12.1 Å². The number of aromatic amines is 1. The fourth-order valence-corrected chi connectivity index (χ4v) is 3.37. The van der Waals surface area contributed by atoms with E-state index in [4.69, 9.17) is 28.2 Å². The molecular weight excluding hydrogens is 410 g/mol. The van der Waals surface area contributed by atoms with Gasteiger partial charge in [-0.3, -0.25) is 14.2 Å². The van der Waals surface area contributed by atoms with Crippen LogP contribution in [0.4, 0.5) is 0 Å². The number of halogens is 1. The van der Waals surface area contributed by atoms with Gasteiger partial charge < -0.3 is 14.7 Å². The number of amides is 1. The van der Waals surface area contributed by atoms with E-state index in [0.717, 1.165) is 5.56 Å². The predicted molar refractivity (Wildman–Crippen MR) is 114 cm³/mol. The Labute approximate surface area is 175 Å². The lowest BCUT2D eigenvalue weighted by molar-refractivity contribution is 0.0951. The van der Waals surface area contributed by atoms with Crippen molar-refractivity contribution in [1.82, 2.24) is 14.9 Å². The number of rotatable bonds is 5. The van der Waals surface area contributed by atoms with Gasteiger partial charge in [-0.25, -0.2) is 0 Å². The van der Waals surface area contributed by atoms with Crippen LogP contribution >= 0.6 is 23.8 Å². The molecule has 2 aromatic heterocycles. The number of H-pyrrole nitrogens is 1. The highest BCUT2D eigenvalue weighted by Gasteiger charge is 2.11. The standard InChI is InChI=1S/C21H16ClN3O3S/c22-15-6-3-13(4-7-15)11-23-19(26)14-5-8-17-18(10-14)24-21(29)25(20(17)27)12-16-2-1-9-28-16/h1-10H,11-12H2,(H,23,26)(H,24,29). The number of hydrogen-bond acceptors (Lipinski definition) is 4. The summed E-state index contributed by atoms with van der Waals surface area (Å²) in [5, 5.41) is 3.94. The number of hydrogen-bond donors (Lipinski definition) is 2. The summed E-state index contributed by atoms with van der Waals surface area (Å²) in [6.45, 7) is 0.606. The molecule has 1 amide bonds. The second-order valence-electron chi connectivity index (χ2n) is 6.47. The van der Waals surface area contributed by atoms with Gasteiger partial charge in [0.05, 0.1) is 23.7 Å². The molecule has 146 valence electrons. The zero-order valence-electron chi connectivity index (χ0n) is 15.1. The minimum absolute atomic E-state index is 0.237. The molecule has 2 aromatic carbocycles. The van der Waals surface area contributed by atoms with Crippen molar-refractivity contribution in [3.63, 3.8) is 0 Å². The molecule has 8 heteroatoms. The van der Waals surface area contributed by atoms with Gasteiger partial charge in [0.25, 0.3) is 11.5 Å². The summed E-state index contributed by atoms with van der Waals surface area (Å²) in [6, 6.07) is 15.6. The van der Waals surface area contributed by atoms with Crippen molar-refractivity contribution in [1.29, 1.82) is 0 Å². The van der Waals surface area contributed by atoms with E-state index in [2.05, 4.69) is 10.3 Å². The zero-order chi connectivity index (χ0) is 20.4. The Hall–Kier alpha value is -3.16. The Kier molecular flexibility index (Phi) is 5.33. The van der Waals surface area contributed by atoms with Crippen molar-refractivity contribution in [2.24, 2.45) is 0 Å². The maximum atomic E-state index is 12.8. The third-order valence-electron chi connectivity index (χ3n) is 4.50. The first-order valence-corrected chi connectivity index (χ1v) is 9.62. The molecule has 2 heterocycles. The number of nitrogens with zero attached hydrogens (tertiary/aromatic N) is 1. The highest BCUT2D eigenvalue weighted by molar-refractivity contribution is 7.71. The molecule has 0 aliphatic rings. The molecule has 29 heavy (non-hydrogen) atoms. The number of fused-ring (bicyclic) bond motifs is 1. The van der Waals surface area contributed by atoms with Crippen LogP contribution in [-0.4, -0.2) is 15.5 Å². The first-order chi connectivity index (χ1) is 14.0. The van der Waals surface area contributed by atoms with E-state index in [0.29, 0.717) is 33.8 Å². The van der Waals surface area contributed by atoms with Crippen LogP contribution < -0.4 is 10.9 Å². The van der Waals surface area contributed by atoms with Crippen molar-refractivity contribution in [2.75, 3.05) is 0 Å². The molecule has 0 saturated carbocycles. The van der Waals surface area contributed by atoms with Gasteiger partial charge in [-0.1, -0.05) is 23.7 Å². The number of carbonyl (C=O) groups is 1. The Bertz CT molecular complexity index is 1290. The summed E-state index contributed by atoms with van der Waals surface area (Å²) in [5.74, 6) is 0.380. The van der Waals surface area contributed by atoms with E-state index in [1.54, 1.807) is 48.7 Å².